The maximum atomic E-state index is 12.6. The second kappa shape index (κ2) is 6.32. The average Bonchev–Trinajstić information content (AvgIpc) is 2.45. The molecular weight excluding hydrogens is 285 g/mol. The first kappa shape index (κ1) is 15.6. The van der Waals surface area contributed by atoms with Crippen LogP contribution in [0.25, 0.3) is 0 Å². The van der Waals surface area contributed by atoms with Crippen molar-refractivity contribution in [2.45, 2.75) is 31.9 Å². The van der Waals surface area contributed by atoms with Gasteiger partial charge < -0.3 is 10.4 Å². The zero-order chi connectivity index (χ0) is 15.5. The summed E-state index contributed by atoms with van der Waals surface area (Å²) < 4.78 is 37.8. The number of hydrogen-bond donors (Lipinski definition) is 2. The van der Waals surface area contributed by atoms with E-state index in [0.29, 0.717) is 13.0 Å². The van der Waals surface area contributed by atoms with E-state index < -0.39 is 23.6 Å². The van der Waals surface area contributed by atoms with Crippen LogP contribution in [0.1, 0.15) is 31.2 Å². The van der Waals surface area contributed by atoms with Crippen molar-refractivity contribution < 1.29 is 23.1 Å². The Hall–Kier alpha value is -1.79. The molecule has 0 saturated heterocycles. The Balaban J connectivity index is 2.00. The molecule has 0 aromatic carbocycles. The Morgan fingerprint density at radius 3 is 2.76 bits per heavy atom. The van der Waals surface area contributed by atoms with Crippen molar-refractivity contribution in [1.82, 2.24) is 4.98 Å². The lowest BCUT2D eigenvalue weighted by Crippen LogP contribution is -2.31. The highest BCUT2D eigenvalue weighted by molar-refractivity contribution is 5.70. The molecule has 1 heterocycles. The maximum absolute atomic E-state index is 12.6. The summed E-state index contributed by atoms with van der Waals surface area (Å²) >= 11 is 0. The highest BCUT2D eigenvalue weighted by atomic mass is 19.4. The van der Waals surface area contributed by atoms with Crippen molar-refractivity contribution in [3.63, 3.8) is 0 Å². The highest BCUT2D eigenvalue weighted by Gasteiger charge is 2.32. The number of halogens is 3. The van der Waals surface area contributed by atoms with Crippen LogP contribution in [0, 0.1) is 11.8 Å². The number of aliphatic carboxylic acids is 1. The number of pyridine rings is 1. The van der Waals surface area contributed by atoms with Gasteiger partial charge in [0, 0.05) is 12.7 Å². The number of hydrogen-bond acceptors (Lipinski definition) is 3. The molecule has 0 radical (unpaired) electrons. The summed E-state index contributed by atoms with van der Waals surface area (Å²) in [5.41, 5.74) is -0.765. The number of nitrogens with zero attached hydrogens (tertiary/aromatic N) is 1. The summed E-state index contributed by atoms with van der Waals surface area (Å²) in [4.78, 5) is 15.0. The van der Waals surface area contributed by atoms with Crippen LogP contribution in [-0.2, 0) is 11.0 Å². The third-order valence-electron chi connectivity index (χ3n) is 3.86. The lowest BCUT2D eigenvalue weighted by atomic mass is 9.79. The Bertz CT molecular complexity index is 505. The van der Waals surface area contributed by atoms with Gasteiger partial charge >= 0.3 is 12.1 Å². The van der Waals surface area contributed by atoms with Crippen LogP contribution in [-0.4, -0.2) is 22.6 Å². The molecule has 1 aromatic rings. The number of carboxylic acid groups (broad SMARTS) is 1. The quantitative estimate of drug-likeness (QED) is 0.895. The molecule has 1 aliphatic carbocycles. The van der Waals surface area contributed by atoms with Crippen molar-refractivity contribution in [1.29, 1.82) is 0 Å². The predicted molar refractivity (Wildman–Crippen MR) is 70.8 cm³/mol. The van der Waals surface area contributed by atoms with E-state index >= 15 is 0 Å². The molecule has 7 heteroatoms. The van der Waals surface area contributed by atoms with E-state index in [0.717, 1.165) is 37.6 Å². The van der Waals surface area contributed by atoms with Gasteiger partial charge in [-0.25, -0.2) is 4.98 Å². The number of carboxylic acids is 1. The summed E-state index contributed by atoms with van der Waals surface area (Å²) in [6.07, 6.45) is -0.0867. The molecule has 2 unspecified atom stereocenters. The van der Waals surface area contributed by atoms with Gasteiger partial charge in [-0.15, -0.1) is 0 Å². The summed E-state index contributed by atoms with van der Waals surface area (Å²) in [5, 5.41) is 12.0. The van der Waals surface area contributed by atoms with Crippen molar-refractivity contribution in [2.24, 2.45) is 11.8 Å². The lowest BCUT2D eigenvalue weighted by molar-refractivity contribution is -0.144. The van der Waals surface area contributed by atoms with Gasteiger partial charge in [0.1, 0.15) is 5.82 Å². The molecule has 0 spiro atoms. The minimum absolute atomic E-state index is 0.0763. The normalized spacial score (nSPS) is 22.8. The standard InChI is InChI=1S/C14H17F3N2O2/c15-14(16,17)10-5-6-18-12(7-10)19-8-9-3-1-2-4-11(9)13(20)21/h5-7,9,11H,1-4,8H2,(H,18,19)(H,20,21). The van der Waals surface area contributed by atoms with E-state index in [1.54, 1.807) is 0 Å². The fourth-order valence-electron chi connectivity index (χ4n) is 2.72. The highest BCUT2D eigenvalue weighted by Crippen LogP contribution is 2.32. The maximum Gasteiger partial charge on any atom is 0.416 e. The van der Waals surface area contributed by atoms with Gasteiger partial charge in [0.2, 0.25) is 0 Å². The number of rotatable bonds is 4. The van der Waals surface area contributed by atoms with Crippen LogP contribution in [0.5, 0.6) is 0 Å². The van der Waals surface area contributed by atoms with Gasteiger partial charge in [0.05, 0.1) is 11.5 Å². The second-order valence-corrected chi connectivity index (χ2v) is 5.30. The zero-order valence-corrected chi connectivity index (χ0v) is 11.4. The molecule has 21 heavy (non-hydrogen) atoms. The number of anilines is 1. The van der Waals surface area contributed by atoms with Crippen molar-refractivity contribution in [3.05, 3.63) is 23.9 Å². The number of carbonyl (C=O) groups is 1. The van der Waals surface area contributed by atoms with Gasteiger partial charge in [0.25, 0.3) is 0 Å². The topological polar surface area (TPSA) is 62.2 Å². The van der Waals surface area contributed by atoms with Gasteiger partial charge in [-0.2, -0.15) is 13.2 Å². The molecule has 1 saturated carbocycles. The molecule has 2 rings (SSSR count). The first-order valence-electron chi connectivity index (χ1n) is 6.88. The van der Waals surface area contributed by atoms with Crippen LogP contribution in [0.2, 0.25) is 0 Å². The zero-order valence-electron chi connectivity index (χ0n) is 11.4. The first-order valence-corrected chi connectivity index (χ1v) is 6.88. The molecule has 1 aromatic heterocycles. The smallest absolute Gasteiger partial charge is 0.416 e. The molecule has 0 amide bonds. The van der Waals surface area contributed by atoms with Crippen LogP contribution < -0.4 is 5.32 Å². The second-order valence-electron chi connectivity index (χ2n) is 5.30. The number of nitrogens with one attached hydrogen (secondary N) is 1. The molecular formula is C14H17F3N2O2. The van der Waals surface area contributed by atoms with Crippen LogP contribution in [0.15, 0.2) is 18.3 Å². The fraction of sp³-hybridized carbons (Fsp3) is 0.571. The van der Waals surface area contributed by atoms with Gasteiger partial charge in [-0.05, 0) is 30.9 Å². The van der Waals surface area contributed by atoms with Gasteiger partial charge in [-0.3, -0.25) is 4.79 Å². The van der Waals surface area contributed by atoms with E-state index in [2.05, 4.69) is 10.3 Å². The Morgan fingerprint density at radius 2 is 2.10 bits per heavy atom. The summed E-state index contributed by atoms with van der Waals surface area (Å²) in [7, 11) is 0. The lowest BCUT2D eigenvalue weighted by Gasteiger charge is -2.28. The van der Waals surface area contributed by atoms with E-state index in [9.17, 15) is 18.0 Å². The summed E-state index contributed by atoms with van der Waals surface area (Å²) in [5.74, 6) is -1.22. The third-order valence-corrected chi connectivity index (χ3v) is 3.86. The Kier molecular flexibility index (Phi) is 4.69. The molecule has 0 bridgehead atoms. The molecule has 1 aliphatic rings. The largest absolute Gasteiger partial charge is 0.481 e. The fourth-order valence-corrected chi connectivity index (χ4v) is 2.72. The molecule has 2 N–H and O–H groups in total. The monoisotopic (exact) mass is 302 g/mol. The Morgan fingerprint density at radius 1 is 1.38 bits per heavy atom. The number of alkyl halides is 3. The van der Waals surface area contributed by atoms with E-state index in [4.69, 9.17) is 5.11 Å². The van der Waals surface area contributed by atoms with Crippen LogP contribution >= 0.6 is 0 Å². The minimum Gasteiger partial charge on any atom is -0.481 e. The van der Waals surface area contributed by atoms with Gasteiger partial charge in [0.15, 0.2) is 0 Å². The first-order chi connectivity index (χ1) is 9.88. The summed E-state index contributed by atoms with van der Waals surface area (Å²) in [6.45, 7) is 0.325. The van der Waals surface area contributed by atoms with Crippen molar-refractivity contribution in [3.8, 4) is 0 Å². The molecule has 2 atom stereocenters. The van der Waals surface area contributed by atoms with Crippen molar-refractivity contribution in [2.75, 3.05) is 11.9 Å². The average molecular weight is 302 g/mol. The SMILES string of the molecule is O=C(O)C1CCCCC1CNc1cc(C(F)(F)F)ccn1. The minimum atomic E-state index is -4.41. The molecule has 4 nitrogen and oxygen atoms in total. The van der Waals surface area contributed by atoms with Crippen LogP contribution in [0.3, 0.4) is 0 Å². The number of aromatic nitrogens is 1. The molecule has 1 fully saturated rings. The Labute approximate surface area is 120 Å². The van der Waals surface area contributed by atoms with E-state index in [1.165, 1.54) is 0 Å². The summed E-state index contributed by atoms with van der Waals surface area (Å²) in [6, 6.07) is 1.85. The molecule has 0 aliphatic heterocycles. The third kappa shape index (κ3) is 4.09. The predicted octanol–water partition coefficient (Wildman–Crippen LogP) is 3.40. The van der Waals surface area contributed by atoms with Crippen LogP contribution in [0.4, 0.5) is 19.0 Å². The van der Waals surface area contributed by atoms with Gasteiger partial charge in [-0.1, -0.05) is 12.8 Å². The molecule has 116 valence electrons. The van der Waals surface area contributed by atoms with Crippen molar-refractivity contribution >= 4 is 11.8 Å². The van der Waals surface area contributed by atoms with E-state index in [-0.39, 0.29) is 11.7 Å². The van der Waals surface area contributed by atoms with E-state index in [1.807, 2.05) is 0 Å².